The molecule has 1 amide bonds. The van der Waals surface area contributed by atoms with E-state index in [9.17, 15) is 4.79 Å². The van der Waals surface area contributed by atoms with Gasteiger partial charge in [0.2, 0.25) is 11.9 Å². The molecule has 1 aromatic rings. The molecule has 0 aromatic carbocycles. The van der Waals surface area contributed by atoms with Crippen LogP contribution in [0.4, 0.5) is 5.95 Å². The number of likely N-dealkylation sites (tertiary alicyclic amines) is 1. The van der Waals surface area contributed by atoms with Gasteiger partial charge in [-0.25, -0.2) is 9.97 Å². The van der Waals surface area contributed by atoms with Crippen LogP contribution in [0.1, 0.15) is 44.4 Å². The van der Waals surface area contributed by atoms with Crippen molar-refractivity contribution in [3.8, 4) is 0 Å². The third-order valence-electron chi connectivity index (χ3n) is 5.41. The van der Waals surface area contributed by atoms with E-state index in [1.807, 2.05) is 24.9 Å². The van der Waals surface area contributed by atoms with Crippen LogP contribution in [0.15, 0.2) is 6.20 Å². The van der Waals surface area contributed by atoms with Crippen molar-refractivity contribution in [2.75, 3.05) is 31.6 Å². The molecular formula is C18H26N4O2. The van der Waals surface area contributed by atoms with Crippen molar-refractivity contribution in [2.45, 2.75) is 45.1 Å². The Morgan fingerprint density at radius 2 is 2.33 bits per heavy atom. The van der Waals surface area contributed by atoms with E-state index < -0.39 is 0 Å². The minimum absolute atomic E-state index is 0.0327. The maximum atomic E-state index is 12.4. The van der Waals surface area contributed by atoms with E-state index >= 15 is 0 Å². The summed E-state index contributed by atoms with van der Waals surface area (Å²) in [6.07, 6.45) is 5.42. The van der Waals surface area contributed by atoms with Crippen LogP contribution in [0.2, 0.25) is 0 Å². The van der Waals surface area contributed by atoms with Gasteiger partial charge in [0.25, 0.3) is 0 Å². The molecule has 0 bridgehead atoms. The molecule has 3 aliphatic rings. The number of amides is 1. The first-order chi connectivity index (χ1) is 11.6. The zero-order valence-electron chi connectivity index (χ0n) is 14.5. The first-order valence-electron chi connectivity index (χ1n) is 9.04. The quantitative estimate of drug-likeness (QED) is 0.914. The molecule has 1 N–H and O–H groups in total. The van der Waals surface area contributed by atoms with E-state index in [0.29, 0.717) is 19.8 Å². The molecule has 1 saturated carbocycles. The molecule has 1 atom stereocenters. The maximum absolute atomic E-state index is 12.4. The maximum Gasteiger partial charge on any atom is 0.225 e. The first-order valence-corrected chi connectivity index (χ1v) is 9.04. The lowest BCUT2D eigenvalue weighted by Gasteiger charge is -2.34. The van der Waals surface area contributed by atoms with E-state index in [-0.39, 0.29) is 17.2 Å². The van der Waals surface area contributed by atoms with Crippen LogP contribution in [0.3, 0.4) is 0 Å². The lowest BCUT2D eigenvalue weighted by molar-refractivity contribution is -0.133. The monoisotopic (exact) mass is 330 g/mol. The number of nitrogens with one attached hydrogen (secondary N) is 1. The molecule has 1 aliphatic carbocycles. The van der Waals surface area contributed by atoms with Crippen molar-refractivity contribution in [2.24, 2.45) is 11.8 Å². The number of carbonyl (C=O) groups excluding carboxylic acids is 1. The Balaban J connectivity index is 1.57. The highest BCUT2D eigenvalue weighted by Gasteiger charge is 2.46. The van der Waals surface area contributed by atoms with Crippen molar-refractivity contribution in [1.29, 1.82) is 0 Å². The topological polar surface area (TPSA) is 67.4 Å². The van der Waals surface area contributed by atoms with Crippen molar-refractivity contribution < 1.29 is 9.53 Å². The number of rotatable bonds is 4. The summed E-state index contributed by atoms with van der Waals surface area (Å²) in [6.45, 7) is 7.57. The van der Waals surface area contributed by atoms with Crippen LogP contribution in [0, 0.1) is 11.8 Å². The fraction of sp³-hybridized carbons (Fsp3) is 0.722. The molecule has 2 aliphatic heterocycles. The zero-order valence-corrected chi connectivity index (χ0v) is 14.5. The van der Waals surface area contributed by atoms with Gasteiger partial charge < -0.3 is 15.0 Å². The first kappa shape index (κ1) is 15.8. The van der Waals surface area contributed by atoms with E-state index in [4.69, 9.17) is 9.72 Å². The average Bonchev–Trinajstić information content (AvgIpc) is 3.32. The summed E-state index contributed by atoms with van der Waals surface area (Å²) < 4.78 is 5.83. The molecule has 6 nitrogen and oxygen atoms in total. The average molecular weight is 330 g/mol. The molecule has 130 valence electrons. The van der Waals surface area contributed by atoms with Gasteiger partial charge in [-0.2, -0.15) is 0 Å². The number of aromatic nitrogens is 2. The summed E-state index contributed by atoms with van der Waals surface area (Å²) in [4.78, 5) is 23.6. The second-order valence-corrected chi connectivity index (χ2v) is 7.83. The Hall–Kier alpha value is -1.69. The second-order valence-electron chi connectivity index (χ2n) is 7.83. The van der Waals surface area contributed by atoms with Crippen LogP contribution in [0.5, 0.6) is 0 Å². The van der Waals surface area contributed by atoms with Crippen molar-refractivity contribution >= 4 is 11.9 Å². The smallest absolute Gasteiger partial charge is 0.225 e. The van der Waals surface area contributed by atoms with E-state index in [2.05, 4.69) is 10.3 Å². The molecule has 4 rings (SSSR count). The molecular weight excluding hydrogens is 304 g/mol. The van der Waals surface area contributed by atoms with Gasteiger partial charge in [-0.05, 0) is 25.2 Å². The van der Waals surface area contributed by atoms with Gasteiger partial charge in [-0.15, -0.1) is 0 Å². The number of ether oxygens (including phenoxy) is 1. The van der Waals surface area contributed by atoms with Gasteiger partial charge in [0, 0.05) is 37.3 Å². The summed E-state index contributed by atoms with van der Waals surface area (Å²) in [7, 11) is 0. The predicted molar refractivity (Wildman–Crippen MR) is 90.6 cm³/mol. The fourth-order valence-electron chi connectivity index (χ4n) is 3.78. The molecule has 2 fully saturated rings. The predicted octanol–water partition coefficient (Wildman–Crippen LogP) is 1.95. The van der Waals surface area contributed by atoms with Crippen molar-refractivity contribution in [3.05, 3.63) is 17.5 Å². The Morgan fingerprint density at radius 3 is 3.08 bits per heavy atom. The summed E-state index contributed by atoms with van der Waals surface area (Å²) in [5, 5.41) is 3.37. The summed E-state index contributed by atoms with van der Waals surface area (Å²) in [6, 6.07) is 0. The standard InChI is InChI=1S/C18H26N4O2/c1-12(2)16(23)22-6-5-18(10-22)11-24-9-14-8-20-17(21-15(14)18)19-7-13-3-4-13/h8,12-13H,3-7,9-11H2,1-2H3,(H,19,20,21)/t18-/m0/s1. The summed E-state index contributed by atoms with van der Waals surface area (Å²) >= 11 is 0. The number of hydrogen-bond donors (Lipinski definition) is 1. The van der Waals surface area contributed by atoms with E-state index in [0.717, 1.165) is 42.6 Å². The Kier molecular flexibility index (Phi) is 3.95. The van der Waals surface area contributed by atoms with E-state index in [1.165, 1.54) is 12.8 Å². The SMILES string of the molecule is CC(C)C(=O)N1CC[C@@]2(COCc3cnc(NCC4CC4)nc32)C1. The lowest BCUT2D eigenvalue weighted by Crippen LogP contribution is -2.42. The van der Waals surface area contributed by atoms with Gasteiger partial charge in [0.05, 0.1) is 24.3 Å². The lowest BCUT2D eigenvalue weighted by atomic mass is 9.80. The summed E-state index contributed by atoms with van der Waals surface area (Å²) in [5.41, 5.74) is 1.98. The molecule has 1 saturated heterocycles. The normalized spacial score (nSPS) is 26.0. The second kappa shape index (κ2) is 5.99. The van der Waals surface area contributed by atoms with Crippen LogP contribution < -0.4 is 5.32 Å². The van der Waals surface area contributed by atoms with Crippen LogP contribution in [-0.4, -0.2) is 47.0 Å². The van der Waals surface area contributed by atoms with Crippen LogP contribution >= 0.6 is 0 Å². The highest BCUT2D eigenvalue weighted by atomic mass is 16.5. The minimum atomic E-state index is -0.170. The molecule has 0 radical (unpaired) electrons. The number of carbonyl (C=O) groups is 1. The van der Waals surface area contributed by atoms with Crippen molar-refractivity contribution in [1.82, 2.24) is 14.9 Å². The number of fused-ring (bicyclic) bond motifs is 2. The molecule has 3 heterocycles. The molecule has 24 heavy (non-hydrogen) atoms. The zero-order chi connectivity index (χ0) is 16.7. The van der Waals surface area contributed by atoms with Crippen molar-refractivity contribution in [3.63, 3.8) is 0 Å². The molecule has 6 heteroatoms. The Morgan fingerprint density at radius 1 is 1.50 bits per heavy atom. The minimum Gasteiger partial charge on any atom is -0.376 e. The van der Waals surface area contributed by atoms with Crippen LogP contribution in [-0.2, 0) is 21.6 Å². The largest absolute Gasteiger partial charge is 0.376 e. The number of hydrogen-bond acceptors (Lipinski definition) is 5. The van der Waals surface area contributed by atoms with Gasteiger partial charge >= 0.3 is 0 Å². The molecule has 0 unspecified atom stereocenters. The third kappa shape index (κ3) is 2.88. The van der Waals surface area contributed by atoms with Gasteiger partial charge in [0.1, 0.15) is 0 Å². The number of nitrogens with zero attached hydrogens (tertiary/aromatic N) is 3. The number of anilines is 1. The van der Waals surface area contributed by atoms with Gasteiger partial charge in [-0.3, -0.25) is 4.79 Å². The Bertz CT molecular complexity index is 644. The van der Waals surface area contributed by atoms with Gasteiger partial charge in [0.15, 0.2) is 0 Å². The van der Waals surface area contributed by atoms with Crippen LogP contribution in [0.25, 0.3) is 0 Å². The fourth-order valence-corrected chi connectivity index (χ4v) is 3.78. The third-order valence-corrected chi connectivity index (χ3v) is 5.41. The Labute approximate surface area is 143 Å². The highest BCUT2D eigenvalue weighted by molar-refractivity contribution is 5.78. The highest BCUT2D eigenvalue weighted by Crippen LogP contribution is 2.39. The molecule has 1 spiro atoms. The van der Waals surface area contributed by atoms with Gasteiger partial charge in [-0.1, -0.05) is 13.8 Å². The molecule has 1 aromatic heterocycles. The summed E-state index contributed by atoms with van der Waals surface area (Å²) in [5.74, 6) is 1.76. The van der Waals surface area contributed by atoms with E-state index in [1.54, 1.807) is 0 Å².